The summed E-state index contributed by atoms with van der Waals surface area (Å²) < 4.78 is 5.34. The fourth-order valence-corrected chi connectivity index (χ4v) is 2.03. The monoisotopic (exact) mass is 242 g/mol. The van der Waals surface area contributed by atoms with Gasteiger partial charge in [0.1, 0.15) is 6.61 Å². The second-order valence-corrected chi connectivity index (χ2v) is 5.44. The fourth-order valence-electron chi connectivity index (χ4n) is 2.03. The minimum atomic E-state index is 0.126. The summed E-state index contributed by atoms with van der Waals surface area (Å²) in [5.74, 6) is 0.824. The number of piperazine rings is 1. The van der Waals surface area contributed by atoms with Crippen LogP contribution in [0.3, 0.4) is 0 Å². The molecule has 0 N–H and O–H groups in total. The van der Waals surface area contributed by atoms with Gasteiger partial charge in [0, 0.05) is 32.7 Å². The van der Waals surface area contributed by atoms with Crippen LogP contribution >= 0.6 is 0 Å². The van der Waals surface area contributed by atoms with Crippen molar-refractivity contribution >= 4 is 5.91 Å². The normalized spacial score (nSPS) is 18.1. The highest BCUT2D eigenvalue weighted by atomic mass is 16.5. The highest BCUT2D eigenvalue weighted by Gasteiger charge is 2.21. The number of ether oxygens (including phenoxy) is 1. The van der Waals surface area contributed by atoms with Gasteiger partial charge in [0.25, 0.3) is 0 Å². The summed E-state index contributed by atoms with van der Waals surface area (Å²) in [6, 6.07) is 0. The molecule has 100 valence electrons. The quantitative estimate of drug-likeness (QED) is 0.726. The summed E-state index contributed by atoms with van der Waals surface area (Å²) in [5.41, 5.74) is 0. The van der Waals surface area contributed by atoms with Crippen LogP contribution in [0, 0.1) is 5.92 Å². The number of carbonyl (C=O) groups excluding carboxylic acids is 1. The minimum absolute atomic E-state index is 0.126. The van der Waals surface area contributed by atoms with Crippen molar-refractivity contribution in [1.82, 2.24) is 9.80 Å². The summed E-state index contributed by atoms with van der Waals surface area (Å²) in [7, 11) is 0. The second kappa shape index (κ2) is 6.97. The molecule has 1 fully saturated rings. The SMILES string of the molecule is CC(C)CN1CCN(C(=O)COC(C)C)CC1. The molecule has 0 unspecified atom stereocenters. The maximum Gasteiger partial charge on any atom is 0.248 e. The molecule has 0 aromatic carbocycles. The number of nitrogens with zero attached hydrogens (tertiary/aromatic N) is 2. The van der Waals surface area contributed by atoms with Gasteiger partial charge in [-0.3, -0.25) is 9.69 Å². The fraction of sp³-hybridized carbons (Fsp3) is 0.923. The first-order valence-electron chi connectivity index (χ1n) is 6.60. The minimum Gasteiger partial charge on any atom is -0.369 e. The highest BCUT2D eigenvalue weighted by Crippen LogP contribution is 2.05. The molecule has 0 saturated carbocycles. The first-order chi connectivity index (χ1) is 7.99. The van der Waals surface area contributed by atoms with E-state index >= 15 is 0 Å². The number of hydrogen-bond donors (Lipinski definition) is 0. The van der Waals surface area contributed by atoms with Crippen molar-refractivity contribution in [3.05, 3.63) is 0 Å². The van der Waals surface area contributed by atoms with Gasteiger partial charge in [-0.25, -0.2) is 0 Å². The Morgan fingerprint density at radius 3 is 2.18 bits per heavy atom. The van der Waals surface area contributed by atoms with Crippen molar-refractivity contribution in [3.8, 4) is 0 Å². The summed E-state index contributed by atoms with van der Waals surface area (Å²) >= 11 is 0. The van der Waals surface area contributed by atoms with E-state index in [0.29, 0.717) is 5.92 Å². The zero-order valence-electron chi connectivity index (χ0n) is 11.6. The third-order valence-corrected chi connectivity index (χ3v) is 2.89. The lowest BCUT2D eigenvalue weighted by molar-refractivity contribution is -0.139. The van der Waals surface area contributed by atoms with E-state index in [-0.39, 0.29) is 18.6 Å². The smallest absolute Gasteiger partial charge is 0.248 e. The Balaban J connectivity index is 2.24. The van der Waals surface area contributed by atoms with Crippen LogP contribution in [-0.4, -0.2) is 61.1 Å². The molecule has 4 heteroatoms. The largest absolute Gasteiger partial charge is 0.369 e. The van der Waals surface area contributed by atoms with Crippen LogP contribution < -0.4 is 0 Å². The number of carbonyl (C=O) groups is 1. The Morgan fingerprint density at radius 1 is 1.12 bits per heavy atom. The molecule has 1 saturated heterocycles. The molecule has 0 atom stereocenters. The van der Waals surface area contributed by atoms with Crippen LogP contribution in [0.4, 0.5) is 0 Å². The first kappa shape index (κ1) is 14.5. The van der Waals surface area contributed by atoms with Crippen LogP contribution in [0.2, 0.25) is 0 Å². The second-order valence-electron chi connectivity index (χ2n) is 5.44. The molecule has 0 aromatic rings. The van der Waals surface area contributed by atoms with Crippen molar-refractivity contribution in [3.63, 3.8) is 0 Å². The summed E-state index contributed by atoms with van der Waals surface area (Å²) in [6.07, 6.45) is 0.126. The number of hydrogen-bond acceptors (Lipinski definition) is 3. The van der Waals surface area contributed by atoms with Crippen LogP contribution in [0.5, 0.6) is 0 Å². The van der Waals surface area contributed by atoms with Gasteiger partial charge in [0.15, 0.2) is 0 Å². The lowest BCUT2D eigenvalue weighted by Gasteiger charge is -2.35. The zero-order chi connectivity index (χ0) is 12.8. The van der Waals surface area contributed by atoms with E-state index in [1.807, 2.05) is 18.7 Å². The maximum absolute atomic E-state index is 11.8. The molecular formula is C13H26N2O2. The van der Waals surface area contributed by atoms with E-state index in [2.05, 4.69) is 18.7 Å². The average molecular weight is 242 g/mol. The van der Waals surface area contributed by atoms with Crippen molar-refractivity contribution in [2.75, 3.05) is 39.3 Å². The van der Waals surface area contributed by atoms with E-state index in [1.165, 1.54) is 0 Å². The van der Waals surface area contributed by atoms with Crippen LogP contribution in [0.1, 0.15) is 27.7 Å². The Kier molecular flexibility index (Phi) is 5.92. The predicted octanol–water partition coefficient (Wildman–Crippen LogP) is 1.21. The number of amides is 1. The molecule has 1 heterocycles. The molecule has 17 heavy (non-hydrogen) atoms. The molecule has 0 aliphatic carbocycles. The van der Waals surface area contributed by atoms with Gasteiger partial charge in [-0.2, -0.15) is 0 Å². The lowest BCUT2D eigenvalue weighted by atomic mass is 10.2. The molecule has 1 rings (SSSR count). The highest BCUT2D eigenvalue weighted by molar-refractivity contribution is 5.77. The van der Waals surface area contributed by atoms with Gasteiger partial charge < -0.3 is 9.64 Å². The predicted molar refractivity (Wildman–Crippen MR) is 68.9 cm³/mol. The van der Waals surface area contributed by atoms with Gasteiger partial charge in [0.05, 0.1) is 6.10 Å². The lowest BCUT2D eigenvalue weighted by Crippen LogP contribution is -2.50. The summed E-state index contributed by atoms with van der Waals surface area (Å²) in [5, 5.41) is 0. The van der Waals surface area contributed by atoms with E-state index in [4.69, 9.17) is 4.74 Å². The van der Waals surface area contributed by atoms with Crippen molar-refractivity contribution in [1.29, 1.82) is 0 Å². The van der Waals surface area contributed by atoms with Crippen LogP contribution in [0.15, 0.2) is 0 Å². The van der Waals surface area contributed by atoms with Crippen molar-refractivity contribution in [2.45, 2.75) is 33.8 Å². The summed E-state index contributed by atoms with van der Waals surface area (Å²) in [4.78, 5) is 16.2. The Hall–Kier alpha value is -0.610. The topological polar surface area (TPSA) is 32.8 Å². The van der Waals surface area contributed by atoms with Gasteiger partial charge >= 0.3 is 0 Å². The van der Waals surface area contributed by atoms with E-state index in [9.17, 15) is 4.79 Å². The van der Waals surface area contributed by atoms with Crippen molar-refractivity contribution < 1.29 is 9.53 Å². The van der Waals surface area contributed by atoms with Gasteiger partial charge in [-0.1, -0.05) is 13.8 Å². The van der Waals surface area contributed by atoms with Gasteiger partial charge in [-0.05, 0) is 19.8 Å². The molecule has 0 aromatic heterocycles. The molecule has 0 bridgehead atoms. The molecule has 1 aliphatic rings. The molecule has 1 aliphatic heterocycles. The van der Waals surface area contributed by atoms with E-state index in [1.54, 1.807) is 0 Å². The van der Waals surface area contributed by atoms with Crippen LogP contribution in [-0.2, 0) is 9.53 Å². The van der Waals surface area contributed by atoms with Crippen molar-refractivity contribution in [2.24, 2.45) is 5.92 Å². The standard InChI is InChI=1S/C13H26N2O2/c1-11(2)9-14-5-7-15(8-6-14)13(16)10-17-12(3)4/h11-12H,5-10H2,1-4H3. The third kappa shape index (κ3) is 5.50. The summed E-state index contributed by atoms with van der Waals surface area (Å²) in [6.45, 7) is 13.4. The molecule has 0 radical (unpaired) electrons. The third-order valence-electron chi connectivity index (χ3n) is 2.89. The van der Waals surface area contributed by atoms with E-state index in [0.717, 1.165) is 32.7 Å². The zero-order valence-corrected chi connectivity index (χ0v) is 11.6. The van der Waals surface area contributed by atoms with Gasteiger partial charge in [-0.15, -0.1) is 0 Å². The van der Waals surface area contributed by atoms with Gasteiger partial charge in [0.2, 0.25) is 5.91 Å². The maximum atomic E-state index is 11.8. The Morgan fingerprint density at radius 2 is 1.71 bits per heavy atom. The van der Waals surface area contributed by atoms with E-state index < -0.39 is 0 Å². The number of rotatable bonds is 5. The molecule has 4 nitrogen and oxygen atoms in total. The first-order valence-corrected chi connectivity index (χ1v) is 6.60. The molecular weight excluding hydrogens is 216 g/mol. The Labute approximate surface area is 105 Å². The average Bonchev–Trinajstić information content (AvgIpc) is 2.26. The Bertz CT molecular complexity index is 234. The molecule has 1 amide bonds. The molecule has 0 spiro atoms. The van der Waals surface area contributed by atoms with Crippen LogP contribution in [0.25, 0.3) is 0 Å².